The van der Waals surface area contributed by atoms with Crippen molar-refractivity contribution in [3.8, 4) is 17.2 Å². The summed E-state index contributed by atoms with van der Waals surface area (Å²) in [5, 5.41) is 10.4. The van der Waals surface area contributed by atoms with E-state index in [1.807, 2.05) is 62.5 Å². The van der Waals surface area contributed by atoms with E-state index in [1.54, 1.807) is 12.0 Å². The van der Waals surface area contributed by atoms with Gasteiger partial charge in [-0.15, -0.1) is 10.2 Å². The molecule has 6 heteroatoms. The SMILES string of the molecule is COc1ccc2cc(CN(C)C(=O)CCc3nnc(-c4ccc(C)cc4)o3)ccc2c1. The molecule has 158 valence electrons. The van der Waals surface area contributed by atoms with E-state index < -0.39 is 0 Å². The summed E-state index contributed by atoms with van der Waals surface area (Å²) >= 11 is 0. The fraction of sp³-hybridized carbons (Fsp3) is 0.240. The Labute approximate surface area is 181 Å². The summed E-state index contributed by atoms with van der Waals surface area (Å²) in [6.07, 6.45) is 0.733. The van der Waals surface area contributed by atoms with Gasteiger partial charge in [0, 0.05) is 32.0 Å². The number of hydrogen-bond donors (Lipinski definition) is 0. The van der Waals surface area contributed by atoms with Crippen molar-refractivity contribution in [3.63, 3.8) is 0 Å². The van der Waals surface area contributed by atoms with E-state index >= 15 is 0 Å². The predicted octanol–water partition coefficient (Wildman–Crippen LogP) is 4.80. The molecule has 3 aromatic carbocycles. The quantitative estimate of drug-likeness (QED) is 0.434. The van der Waals surface area contributed by atoms with Crippen LogP contribution in [0.3, 0.4) is 0 Å². The Kier molecular flexibility index (Phi) is 5.98. The third-order valence-corrected chi connectivity index (χ3v) is 5.28. The van der Waals surface area contributed by atoms with Crippen LogP contribution in [0.15, 0.2) is 65.1 Å². The lowest BCUT2D eigenvalue weighted by Crippen LogP contribution is -2.26. The van der Waals surface area contributed by atoms with Crippen LogP contribution in [-0.2, 0) is 17.8 Å². The lowest BCUT2D eigenvalue weighted by molar-refractivity contribution is -0.130. The maximum absolute atomic E-state index is 12.6. The van der Waals surface area contributed by atoms with Crippen LogP contribution in [0.25, 0.3) is 22.2 Å². The Bertz CT molecular complexity index is 1200. The molecule has 0 aliphatic rings. The molecular weight excluding hydrogens is 390 g/mol. The third-order valence-electron chi connectivity index (χ3n) is 5.28. The van der Waals surface area contributed by atoms with E-state index in [2.05, 4.69) is 22.3 Å². The molecule has 0 atom stereocenters. The number of aryl methyl sites for hydroxylation is 2. The standard InChI is InChI=1S/C25H25N3O3/c1-17-4-7-19(8-5-17)25-27-26-23(31-25)12-13-24(29)28(2)16-18-6-9-21-15-22(30-3)11-10-20(21)14-18/h4-11,14-15H,12-13,16H2,1-3H3. The lowest BCUT2D eigenvalue weighted by Gasteiger charge is -2.17. The molecule has 1 amide bonds. The molecule has 0 bridgehead atoms. The molecule has 0 unspecified atom stereocenters. The minimum atomic E-state index is 0.0323. The highest BCUT2D eigenvalue weighted by Crippen LogP contribution is 2.23. The molecule has 0 fully saturated rings. The number of rotatable bonds is 7. The van der Waals surface area contributed by atoms with Gasteiger partial charge in [0.05, 0.1) is 7.11 Å². The van der Waals surface area contributed by atoms with Crippen LogP contribution in [0.2, 0.25) is 0 Å². The van der Waals surface area contributed by atoms with Gasteiger partial charge in [0.2, 0.25) is 17.7 Å². The number of aromatic nitrogens is 2. The first-order chi connectivity index (χ1) is 15.0. The van der Waals surface area contributed by atoms with E-state index in [0.717, 1.165) is 27.6 Å². The number of amides is 1. The Balaban J connectivity index is 1.34. The van der Waals surface area contributed by atoms with Crippen molar-refractivity contribution in [1.82, 2.24) is 15.1 Å². The Hall–Kier alpha value is -3.67. The fourth-order valence-electron chi connectivity index (χ4n) is 3.43. The van der Waals surface area contributed by atoms with Crippen LogP contribution in [0.1, 0.15) is 23.4 Å². The monoisotopic (exact) mass is 415 g/mol. The van der Waals surface area contributed by atoms with Gasteiger partial charge in [-0.05, 0) is 53.6 Å². The number of carbonyl (C=O) groups is 1. The molecule has 0 saturated carbocycles. The first-order valence-corrected chi connectivity index (χ1v) is 10.2. The number of carbonyl (C=O) groups excluding carboxylic acids is 1. The summed E-state index contributed by atoms with van der Waals surface area (Å²) < 4.78 is 11.0. The molecule has 0 aliphatic carbocycles. The van der Waals surface area contributed by atoms with Crippen molar-refractivity contribution in [2.45, 2.75) is 26.3 Å². The average molecular weight is 415 g/mol. The predicted molar refractivity (Wildman–Crippen MR) is 120 cm³/mol. The Morgan fingerprint density at radius 2 is 1.74 bits per heavy atom. The first-order valence-electron chi connectivity index (χ1n) is 10.2. The maximum Gasteiger partial charge on any atom is 0.247 e. The zero-order chi connectivity index (χ0) is 21.8. The molecule has 0 saturated heterocycles. The van der Waals surface area contributed by atoms with E-state index in [9.17, 15) is 4.79 Å². The van der Waals surface area contributed by atoms with E-state index in [1.165, 1.54) is 5.56 Å². The van der Waals surface area contributed by atoms with Crippen molar-refractivity contribution >= 4 is 16.7 Å². The van der Waals surface area contributed by atoms with E-state index in [-0.39, 0.29) is 5.91 Å². The largest absolute Gasteiger partial charge is 0.497 e. The van der Waals surface area contributed by atoms with Gasteiger partial charge < -0.3 is 14.1 Å². The Morgan fingerprint density at radius 3 is 2.52 bits per heavy atom. The molecule has 0 aliphatic heterocycles. The number of hydrogen-bond acceptors (Lipinski definition) is 5. The van der Waals surface area contributed by atoms with Gasteiger partial charge in [-0.3, -0.25) is 4.79 Å². The summed E-state index contributed by atoms with van der Waals surface area (Å²) in [4.78, 5) is 14.3. The molecular formula is C25H25N3O3. The normalized spacial score (nSPS) is 10.9. The van der Waals surface area contributed by atoms with Gasteiger partial charge in [0.1, 0.15) is 5.75 Å². The maximum atomic E-state index is 12.6. The topological polar surface area (TPSA) is 68.5 Å². The van der Waals surface area contributed by atoms with Crippen molar-refractivity contribution in [2.75, 3.05) is 14.2 Å². The second-order valence-electron chi connectivity index (χ2n) is 7.66. The highest BCUT2D eigenvalue weighted by molar-refractivity contribution is 5.84. The summed E-state index contributed by atoms with van der Waals surface area (Å²) in [5.41, 5.74) is 3.12. The van der Waals surface area contributed by atoms with Crippen molar-refractivity contribution < 1.29 is 13.9 Å². The van der Waals surface area contributed by atoms with Gasteiger partial charge in [-0.25, -0.2) is 0 Å². The number of nitrogens with zero attached hydrogens (tertiary/aromatic N) is 3. The molecule has 0 radical (unpaired) electrons. The zero-order valence-electron chi connectivity index (χ0n) is 18.0. The number of methoxy groups -OCH3 is 1. The molecule has 0 N–H and O–H groups in total. The third kappa shape index (κ3) is 4.91. The van der Waals surface area contributed by atoms with E-state index in [4.69, 9.17) is 9.15 Å². The molecule has 1 heterocycles. The smallest absolute Gasteiger partial charge is 0.247 e. The van der Waals surface area contributed by atoms with Gasteiger partial charge in [0.15, 0.2) is 0 Å². The lowest BCUT2D eigenvalue weighted by atomic mass is 10.1. The zero-order valence-corrected chi connectivity index (χ0v) is 18.0. The molecule has 0 spiro atoms. The van der Waals surface area contributed by atoms with Crippen LogP contribution >= 0.6 is 0 Å². The number of benzene rings is 3. The van der Waals surface area contributed by atoms with Crippen molar-refractivity contribution in [3.05, 3.63) is 77.7 Å². The minimum Gasteiger partial charge on any atom is -0.497 e. The van der Waals surface area contributed by atoms with Crippen molar-refractivity contribution in [1.29, 1.82) is 0 Å². The fourth-order valence-corrected chi connectivity index (χ4v) is 3.43. The summed E-state index contributed by atoms with van der Waals surface area (Å²) in [7, 11) is 3.47. The van der Waals surface area contributed by atoms with Crippen LogP contribution in [0, 0.1) is 6.92 Å². The average Bonchev–Trinajstić information content (AvgIpc) is 3.26. The van der Waals surface area contributed by atoms with Gasteiger partial charge in [-0.1, -0.05) is 35.9 Å². The van der Waals surface area contributed by atoms with Crippen molar-refractivity contribution in [2.24, 2.45) is 0 Å². The Morgan fingerprint density at radius 1 is 1.00 bits per heavy atom. The van der Waals surface area contributed by atoms with Crippen LogP contribution in [0.4, 0.5) is 0 Å². The summed E-state index contributed by atoms with van der Waals surface area (Å²) in [5.74, 6) is 1.81. The van der Waals surface area contributed by atoms with Crippen LogP contribution in [0.5, 0.6) is 5.75 Å². The number of ether oxygens (including phenoxy) is 1. The van der Waals surface area contributed by atoms with E-state index in [0.29, 0.717) is 31.2 Å². The highest BCUT2D eigenvalue weighted by atomic mass is 16.5. The van der Waals surface area contributed by atoms with Gasteiger partial charge in [0.25, 0.3) is 0 Å². The second-order valence-corrected chi connectivity index (χ2v) is 7.66. The summed E-state index contributed by atoms with van der Waals surface area (Å²) in [6, 6.07) is 20.1. The molecule has 6 nitrogen and oxygen atoms in total. The van der Waals surface area contributed by atoms with Gasteiger partial charge in [-0.2, -0.15) is 0 Å². The molecule has 4 aromatic rings. The molecule has 31 heavy (non-hydrogen) atoms. The van der Waals surface area contributed by atoms with Crippen LogP contribution in [-0.4, -0.2) is 35.2 Å². The summed E-state index contributed by atoms with van der Waals surface area (Å²) in [6.45, 7) is 2.57. The second kappa shape index (κ2) is 9.00. The molecule has 1 aromatic heterocycles. The molecule has 4 rings (SSSR count). The van der Waals surface area contributed by atoms with Gasteiger partial charge >= 0.3 is 0 Å². The first kappa shape index (κ1) is 20.6. The number of fused-ring (bicyclic) bond motifs is 1. The van der Waals surface area contributed by atoms with Crippen LogP contribution < -0.4 is 4.74 Å². The highest BCUT2D eigenvalue weighted by Gasteiger charge is 2.14. The minimum absolute atomic E-state index is 0.0323.